The first-order valence-corrected chi connectivity index (χ1v) is 7.33. The lowest BCUT2D eigenvalue weighted by atomic mass is 10.1. The van der Waals surface area contributed by atoms with Gasteiger partial charge in [-0.3, -0.25) is 0 Å². The van der Waals surface area contributed by atoms with Crippen molar-refractivity contribution in [3.63, 3.8) is 0 Å². The van der Waals surface area contributed by atoms with Gasteiger partial charge in [-0.25, -0.2) is 0 Å². The molecule has 0 aliphatic heterocycles. The molecule has 0 aliphatic rings. The van der Waals surface area contributed by atoms with Crippen LogP contribution in [-0.4, -0.2) is 20.3 Å². The molecule has 112 valence electrons. The van der Waals surface area contributed by atoms with Crippen LogP contribution in [0.4, 0.5) is 5.69 Å². The van der Waals surface area contributed by atoms with Gasteiger partial charge in [0.2, 0.25) is 0 Å². The number of nitrogens with one attached hydrogen (secondary N) is 1. The molecule has 0 spiro atoms. The van der Waals surface area contributed by atoms with Crippen molar-refractivity contribution in [2.45, 2.75) is 20.3 Å². The van der Waals surface area contributed by atoms with E-state index in [9.17, 15) is 0 Å². The monoisotopic (exact) mass is 285 g/mol. The highest BCUT2D eigenvalue weighted by atomic mass is 16.5. The quantitative estimate of drug-likeness (QED) is 0.778. The molecule has 0 fully saturated rings. The SMILES string of the molecule is CCc1cccc(C)c1NCCOc1ccc(OC)cc1. The molecule has 3 heteroatoms. The Balaban J connectivity index is 1.84. The molecule has 2 aromatic rings. The minimum absolute atomic E-state index is 0.629. The maximum atomic E-state index is 5.72. The van der Waals surface area contributed by atoms with E-state index < -0.39 is 0 Å². The van der Waals surface area contributed by atoms with Crippen LogP contribution >= 0.6 is 0 Å². The van der Waals surface area contributed by atoms with Gasteiger partial charge in [0, 0.05) is 12.2 Å². The lowest BCUT2D eigenvalue weighted by molar-refractivity contribution is 0.331. The summed E-state index contributed by atoms with van der Waals surface area (Å²) < 4.78 is 10.8. The van der Waals surface area contributed by atoms with Crippen molar-refractivity contribution in [2.24, 2.45) is 0 Å². The molecule has 0 saturated heterocycles. The molecule has 0 radical (unpaired) electrons. The third-order valence-electron chi connectivity index (χ3n) is 3.47. The van der Waals surface area contributed by atoms with Crippen LogP contribution in [0.3, 0.4) is 0 Å². The Morgan fingerprint density at radius 3 is 2.38 bits per heavy atom. The number of rotatable bonds is 7. The largest absolute Gasteiger partial charge is 0.497 e. The van der Waals surface area contributed by atoms with Gasteiger partial charge in [-0.05, 0) is 48.7 Å². The number of ether oxygens (including phenoxy) is 2. The molecule has 0 atom stereocenters. The molecule has 0 aliphatic carbocycles. The van der Waals surface area contributed by atoms with Crippen molar-refractivity contribution in [1.29, 1.82) is 0 Å². The van der Waals surface area contributed by atoms with Gasteiger partial charge in [0.1, 0.15) is 18.1 Å². The van der Waals surface area contributed by atoms with Gasteiger partial charge >= 0.3 is 0 Å². The Bertz CT molecular complexity index is 564. The summed E-state index contributed by atoms with van der Waals surface area (Å²) in [5, 5.41) is 3.48. The van der Waals surface area contributed by atoms with Crippen LogP contribution in [0, 0.1) is 6.92 Å². The van der Waals surface area contributed by atoms with Gasteiger partial charge < -0.3 is 14.8 Å². The van der Waals surface area contributed by atoms with Gasteiger partial charge in [-0.2, -0.15) is 0 Å². The Hall–Kier alpha value is -2.16. The molecule has 2 aromatic carbocycles. The van der Waals surface area contributed by atoms with Crippen molar-refractivity contribution in [3.8, 4) is 11.5 Å². The van der Waals surface area contributed by atoms with Crippen molar-refractivity contribution >= 4 is 5.69 Å². The molecule has 0 saturated carbocycles. The molecule has 0 aromatic heterocycles. The Morgan fingerprint density at radius 1 is 1.00 bits per heavy atom. The molecule has 0 unspecified atom stereocenters. The fourth-order valence-corrected chi connectivity index (χ4v) is 2.29. The minimum atomic E-state index is 0.629. The van der Waals surface area contributed by atoms with Crippen LogP contribution in [0.2, 0.25) is 0 Å². The molecular weight excluding hydrogens is 262 g/mol. The topological polar surface area (TPSA) is 30.5 Å². The lowest BCUT2D eigenvalue weighted by Crippen LogP contribution is -2.13. The zero-order chi connectivity index (χ0) is 15.1. The van der Waals surface area contributed by atoms with E-state index in [1.54, 1.807) is 7.11 Å². The zero-order valence-corrected chi connectivity index (χ0v) is 13.0. The first-order valence-electron chi connectivity index (χ1n) is 7.33. The number of para-hydroxylation sites is 1. The number of benzene rings is 2. The summed E-state index contributed by atoms with van der Waals surface area (Å²) in [7, 11) is 1.66. The summed E-state index contributed by atoms with van der Waals surface area (Å²) >= 11 is 0. The average molecular weight is 285 g/mol. The van der Waals surface area contributed by atoms with Crippen molar-refractivity contribution in [3.05, 3.63) is 53.6 Å². The van der Waals surface area contributed by atoms with Crippen LogP contribution in [0.25, 0.3) is 0 Å². The molecule has 0 amide bonds. The van der Waals surface area contributed by atoms with E-state index >= 15 is 0 Å². The van der Waals surface area contributed by atoms with Crippen molar-refractivity contribution < 1.29 is 9.47 Å². The average Bonchev–Trinajstić information content (AvgIpc) is 2.53. The number of aryl methyl sites for hydroxylation is 2. The van der Waals surface area contributed by atoms with Gasteiger partial charge in [0.25, 0.3) is 0 Å². The van der Waals surface area contributed by atoms with Crippen molar-refractivity contribution in [1.82, 2.24) is 0 Å². The molecule has 3 nitrogen and oxygen atoms in total. The number of anilines is 1. The molecule has 0 bridgehead atoms. The van der Waals surface area contributed by atoms with E-state index in [0.717, 1.165) is 24.5 Å². The Labute approximate surface area is 126 Å². The second kappa shape index (κ2) is 7.58. The lowest BCUT2D eigenvalue weighted by Gasteiger charge is -2.14. The Kier molecular flexibility index (Phi) is 5.50. The smallest absolute Gasteiger partial charge is 0.119 e. The summed E-state index contributed by atoms with van der Waals surface area (Å²) in [5.41, 5.74) is 3.86. The standard InChI is InChI=1S/C18H23NO2/c1-4-15-7-5-6-14(2)18(15)19-12-13-21-17-10-8-16(20-3)9-11-17/h5-11,19H,4,12-13H2,1-3H3. The first-order chi connectivity index (χ1) is 10.2. The summed E-state index contributed by atoms with van der Waals surface area (Å²) in [6.45, 7) is 5.72. The molecular formula is C18H23NO2. The van der Waals surface area contributed by atoms with Crippen LogP contribution in [0.5, 0.6) is 11.5 Å². The normalized spacial score (nSPS) is 10.2. The molecule has 1 N–H and O–H groups in total. The van der Waals surface area contributed by atoms with Crippen molar-refractivity contribution in [2.75, 3.05) is 25.6 Å². The minimum Gasteiger partial charge on any atom is -0.497 e. The highest BCUT2D eigenvalue weighted by molar-refractivity contribution is 5.57. The van der Waals surface area contributed by atoms with Crippen LogP contribution < -0.4 is 14.8 Å². The van der Waals surface area contributed by atoms with E-state index in [1.165, 1.54) is 16.8 Å². The van der Waals surface area contributed by atoms with Gasteiger partial charge in [-0.15, -0.1) is 0 Å². The van der Waals surface area contributed by atoms with E-state index in [-0.39, 0.29) is 0 Å². The highest BCUT2D eigenvalue weighted by Gasteiger charge is 2.03. The maximum absolute atomic E-state index is 5.72. The zero-order valence-electron chi connectivity index (χ0n) is 13.0. The van der Waals surface area contributed by atoms with Gasteiger partial charge in [-0.1, -0.05) is 25.1 Å². The van der Waals surface area contributed by atoms with Gasteiger partial charge in [0.15, 0.2) is 0 Å². The predicted molar refractivity (Wildman–Crippen MR) is 87.5 cm³/mol. The fraction of sp³-hybridized carbons (Fsp3) is 0.333. The van der Waals surface area contributed by atoms with Crippen LogP contribution in [-0.2, 0) is 6.42 Å². The third-order valence-corrected chi connectivity index (χ3v) is 3.47. The van der Waals surface area contributed by atoms with E-state index in [2.05, 4.69) is 37.4 Å². The van der Waals surface area contributed by atoms with E-state index in [4.69, 9.17) is 9.47 Å². The summed E-state index contributed by atoms with van der Waals surface area (Å²) in [6, 6.07) is 14.0. The molecule has 21 heavy (non-hydrogen) atoms. The third kappa shape index (κ3) is 4.15. The second-order valence-electron chi connectivity index (χ2n) is 4.91. The Morgan fingerprint density at radius 2 is 1.71 bits per heavy atom. The van der Waals surface area contributed by atoms with E-state index in [0.29, 0.717) is 6.61 Å². The summed E-state index contributed by atoms with van der Waals surface area (Å²) in [4.78, 5) is 0. The van der Waals surface area contributed by atoms with E-state index in [1.807, 2.05) is 24.3 Å². The maximum Gasteiger partial charge on any atom is 0.119 e. The summed E-state index contributed by atoms with van der Waals surface area (Å²) in [6.07, 6.45) is 1.03. The first kappa shape index (κ1) is 15.2. The second-order valence-corrected chi connectivity index (χ2v) is 4.91. The highest BCUT2D eigenvalue weighted by Crippen LogP contribution is 2.21. The van der Waals surface area contributed by atoms with Gasteiger partial charge in [0.05, 0.1) is 7.11 Å². The number of methoxy groups -OCH3 is 1. The molecule has 0 heterocycles. The predicted octanol–water partition coefficient (Wildman–Crippen LogP) is 4.06. The fourth-order valence-electron chi connectivity index (χ4n) is 2.29. The number of hydrogen-bond acceptors (Lipinski definition) is 3. The molecule has 2 rings (SSSR count). The number of hydrogen-bond donors (Lipinski definition) is 1. The van der Waals surface area contributed by atoms with Crippen LogP contribution in [0.15, 0.2) is 42.5 Å². The van der Waals surface area contributed by atoms with Crippen LogP contribution in [0.1, 0.15) is 18.1 Å². The summed E-state index contributed by atoms with van der Waals surface area (Å²) in [5.74, 6) is 1.70.